The van der Waals surface area contributed by atoms with Crippen LogP contribution >= 0.6 is 12.4 Å². The molecule has 1 atom stereocenters. The number of amides is 3. The molecule has 1 unspecified atom stereocenters. The van der Waals surface area contributed by atoms with Gasteiger partial charge in [-0.1, -0.05) is 18.2 Å². The zero-order valence-electron chi connectivity index (χ0n) is 12.5. The van der Waals surface area contributed by atoms with Gasteiger partial charge in [-0.05, 0) is 31.4 Å². The highest BCUT2D eigenvalue weighted by molar-refractivity contribution is 5.89. The first-order valence-corrected chi connectivity index (χ1v) is 7.30. The Hall–Kier alpha value is -1.79. The molecule has 0 radical (unpaired) electrons. The molecule has 1 aliphatic rings. The van der Waals surface area contributed by atoms with Gasteiger partial charge in [0.2, 0.25) is 5.91 Å². The van der Waals surface area contributed by atoms with Gasteiger partial charge in [0.15, 0.2) is 0 Å². The van der Waals surface area contributed by atoms with Gasteiger partial charge in [-0.25, -0.2) is 4.79 Å². The van der Waals surface area contributed by atoms with E-state index in [0.717, 1.165) is 31.5 Å². The van der Waals surface area contributed by atoms with E-state index in [1.54, 1.807) is 4.90 Å². The van der Waals surface area contributed by atoms with Crippen LogP contribution in [-0.4, -0.2) is 42.5 Å². The molecule has 122 valence electrons. The molecule has 0 aliphatic carbocycles. The number of piperidine rings is 1. The minimum atomic E-state index is -0.257. The second kappa shape index (κ2) is 9.27. The fourth-order valence-corrected chi connectivity index (χ4v) is 2.57. The van der Waals surface area contributed by atoms with Crippen molar-refractivity contribution in [2.24, 2.45) is 5.73 Å². The first-order valence-electron chi connectivity index (χ1n) is 7.30. The van der Waals surface area contributed by atoms with Crippen molar-refractivity contribution in [3.05, 3.63) is 30.3 Å². The molecular formula is C15H23ClN4O2. The standard InChI is InChI=1S/C15H22N4O2.ClH/c16-10-14(20)19-9-5-4-8-13(19)11-17-15(21)18-12-6-2-1-3-7-12;/h1-3,6-7,13H,4-5,8-11,16H2,(H2,17,18,21);1H. The molecule has 0 saturated carbocycles. The van der Waals surface area contributed by atoms with E-state index in [1.807, 2.05) is 30.3 Å². The number of hydrogen-bond acceptors (Lipinski definition) is 3. The molecule has 3 amide bonds. The molecule has 0 bridgehead atoms. The van der Waals surface area contributed by atoms with Gasteiger partial charge < -0.3 is 21.3 Å². The van der Waals surface area contributed by atoms with E-state index in [1.165, 1.54) is 0 Å². The summed E-state index contributed by atoms with van der Waals surface area (Å²) in [5.41, 5.74) is 6.18. The van der Waals surface area contributed by atoms with E-state index in [-0.39, 0.29) is 36.9 Å². The molecule has 1 aromatic rings. The van der Waals surface area contributed by atoms with Crippen molar-refractivity contribution in [1.82, 2.24) is 10.2 Å². The van der Waals surface area contributed by atoms with Gasteiger partial charge >= 0.3 is 6.03 Å². The maximum absolute atomic E-state index is 11.9. The number of rotatable bonds is 4. The zero-order chi connectivity index (χ0) is 15.1. The van der Waals surface area contributed by atoms with Crippen molar-refractivity contribution in [3.8, 4) is 0 Å². The molecule has 2 rings (SSSR count). The van der Waals surface area contributed by atoms with Gasteiger partial charge in [-0.2, -0.15) is 0 Å². The monoisotopic (exact) mass is 326 g/mol. The van der Waals surface area contributed by atoms with E-state index in [0.29, 0.717) is 6.54 Å². The number of hydrogen-bond donors (Lipinski definition) is 3. The molecule has 1 aliphatic heterocycles. The lowest BCUT2D eigenvalue weighted by molar-refractivity contribution is -0.133. The van der Waals surface area contributed by atoms with Crippen LogP contribution in [0.25, 0.3) is 0 Å². The van der Waals surface area contributed by atoms with Crippen LogP contribution in [0.2, 0.25) is 0 Å². The van der Waals surface area contributed by atoms with E-state index < -0.39 is 0 Å². The average molecular weight is 327 g/mol. The highest BCUT2D eigenvalue weighted by Crippen LogP contribution is 2.16. The van der Waals surface area contributed by atoms with Gasteiger partial charge in [0.25, 0.3) is 0 Å². The predicted octanol–water partition coefficient (Wildman–Crippen LogP) is 1.57. The Morgan fingerprint density at radius 3 is 2.64 bits per heavy atom. The minimum Gasteiger partial charge on any atom is -0.337 e. The van der Waals surface area contributed by atoms with Gasteiger partial charge in [0, 0.05) is 24.8 Å². The number of halogens is 1. The molecule has 22 heavy (non-hydrogen) atoms. The first kappa shape index (κ1) is 18.3. The Morgan fingerprint density at radius 2 is 1.95 bits per heavy atom. The van der Waals surface area contributed by atoms with Crippen LogP contribution in [0, 0.1) is 0 Å². The number of anilines is 1. The summed E-state index contributed by atoms with van der Waals surface area (Å²) in [5, 5.41) is 5.59. The summed E-state index contributed by atoms with van der Waals surface area (Å²) in [6.07, 6.45) is 2.97. The first-order chi connectivity index (χ1) is 10.2. The van der Waals surface area contributed by atoms with Crippen LogP contribution in [-0.2, 0) is 4.79 Å². The van der Waals surface area contributed by atoms with Crippen molar-refractivity contribution in [3.63, 3.8) is 0 Å². The summed E-state index contributed by atoms with van der Waals surface area (Å²) in [7, 11) is 0. The number of urea groups is 1. The maximum Gasteiger partial charge on any atom is 0.319 e. The number of likely N-dealkylation sites (tertiary alicyclic amines) is 1. The normalized spacial score (nSPS) is 17.3. The highest BCUT2D eigenvalue weighted by atomic mass is 35.5. The number of carbonyl (C=O) groups excluding carboxylic acids is 2. The van der Waals surface area contributed by atoms with Crippen LogP contribution in [0.3, 0.4) is 0 Å². The Labute approximate surface area is 136 Å². The molecule has 0 spiro atoms. The second-order valence-electron chi connectivity index (χ2n) is 5.14. The molecular weight excluding hydrogens is 304 g/mol. The third-order valence-corrected chi connectivity index (χ3v) is 3.65. The summed E-state index contributed by atoms with van der Waals surface area (Å²) in [6, 6.07) is 9.04. The Balaban J connectivity index is 0.00000242. The molecule has 4 N–H and O–H groups in total. The Kier molecular flexibility index (Phi) is 7.70. The second-order valence-corrected chi connectivity index (χ2v) is 5.14. The number of carbonyl (C=O) groups is 2. The predicted molar refractivity (Wildman–Crippen MR) is 89.1 cm³/mol. The lowest BCUT2D eigenvalue weighted by atomic mass is 10.0. The van der Waals surface area contributed by atoms with Crippen molar-refractivity contribution < 1.29 is 9.59 Å². The third-order valence-electron chi connectivity index (χ3n) is 3.65. The molecule has 0 aromatic heterocycles. The van der Waals surface area contributed by atoms with Gasteiger partial charge in [-0.3, -0.25) is 4.79 Å². The minimum absolute atomic E-state index is 0. The van der Waals surface area contributed by atoms with Gasteiger partial charge in [0.05, 0.1) is 6.54 Å². The van der Waals surface area contributed by atoms with Crippen molar-refractivity contribution in [1.29, 1.82) is 0 Å². The number of para-hydroxylation sites is 1. The lowest BCUT2D eigenvalue weighted by Crippen LogP contribution is -2.51. The van der Waals surface area contributed by atoms with E-state index in [4.69, 9.17) is 5.73 Å². The number of nitrogens with two attached hydrogens (primary N) is 1. The van der Waals surface area contributed by atoms with E-state index >= 15 is 0 Å². The summed E-state index contributed by atoms with van der Waals surface area (Å²) in [6.45, 7) is 1.19. The van der Waals surface area contributed by atoms with Gasteiger partial charge in [-0.15, -0.1) is 12.4 Å². The van der Waals surface area contributed by atoms with Crippen LogP contribution in [0.5, 0.6) is 0 Å². The fourth-order valence-electron chi connectivity index (χ4n) is 2.57. The SMILES string of the molecule is Cl.NCC(=O)N1CCCCC1CNC(=O)Nc1ccccc1. The van der Waals surface area contributed by atoms with Crippen LogP contribution < -0.4 is 16.4 Å². The topological polar surface area (TPSA) is 87.5 Å². The zero-order valence-corrected chi connectivity index (χ0v) is 13.3. The van der Waals surface area contributed by atoms with E-state index in [9.17, 15) is 9.59 Å². The fraction of sp³-hybridized carbons (Fsp3) is 0.467. The molecule has 7 heteroatoms. The van der Waals surface area contributed by atoms with Crippen molar-refractivity contribution >= 4 is 30.0 Å². The van der Waals surface area contributed by atoms with E-state index in [2.05, 4.69) is 10.6 Å². The van der Waals surface area contributed by atoms with Crippen LogP contribution in [0.4, 0.5) is 10.5 Å². The number of nitrogens with zero attached hydrogens (tertiary/aromatic N) is 1. The molecule has 1 heterocycles. The third kappa shape index (κ3) is 5.20. The molecule has 1 saturated heterocycles. The summed E-state index contributed by atoms with van der Waals surface area (Å²) >= 11 is 0. The Morgan fingerprint density at radius 1 is 1.23 bits per heavy atom. The Bertz CT molecular complexity index is 484. The van der Waals surface area contributed by atoms with Crippen LogP contribution in [0.15, 0.2) is 30.3 Å². The van der Waals surface area contributed by atoms with Crippen molar-refractivity contribution in [2.45, 2.75) is 25.3 Å². The number of nitrogens with one attached hydrogen (secondary N) is 2. The molecule has 1 fully saturated rings. The highest BCUT2D eigenvalue weighted by Gasteiger charge is 2.25. The summed E-state index contributed by atoms with van der Waals surface area (Å²) < 4.78 is 0. The van der Waals surface area contributed by atoms with Crippen molar-refractivity contribution in [2.75, 3.05) is 25.0 Å². The van der Waals surface area contributed by atoms with Crippen LogP contribution in [0.1, 0.15) is 19.3 Å². The largest absolute Gasteiger partial charge is 0.337 e. The summed E-state index contributed by atoms with van der Waals surface area (Å²) in [5.74, 6) is -0.0510. The average Bonchev–Trinajstić information content (AvgIpc) is 2.53. The smallest absolute Gasteiger partial charge is 0.319 e. The lowest BCUT2D eigenvalue weighted by Gasteiger charge is -2.35. The quantitative estimate of drug-likeness (QED) is 0.785. The number of benzene rings is 1. The molecule has 1 aromatic carbocycles. The van der Waals surface area contributed by atoms with Gasteiger partial charge in [0.1, 0.15) is 0 Å². The molecule has 6 nitrogen and oxygen atoms in total. The maximum atomic E-state index is 11.9. The summed E-state index contributed by atoms with van der Waals surface area (Å²) in [4.78, 5) is 25.4.